The predicted molar refractivity (Wildman–Crippen MR) is 77.4 cm³/mol. The average Bonchev–Trinajstić information content (AvgIpc) is 2.36. The number of nitrogens with zero attached hydrogens (tertiary/aromatic N) is 1. The Bertz CT molecular complexity index is 616. The van der Waals surface area contributed by atoms with Gasteiger partial charge in [0, 0.05) is 17.0 Å². The number of alkyl halides is 1. The molecule has 0 atom stereocenters. The van der Waals surface area contributed by atoms with E-state index in [0.29, 0.717) is 5.88 Å². The number of rotatable bonds is 1. The van der Waals surface area contributed by atoms with Gasteiger partial charge in [-0.3, -0.25) is 4.98 Å². The first-order valence-corrected chi connectivity index (χ1v) is 7.21. The number of hydrogen-bond acceptors (Lipinski definition) is 1. The quantitative estimate of drug-likeness (QED) is 0.689. The first-order chi connectivity index (χ1) is 8.70. The Morgan fingerprint density at radius 1 is 1.17 bits per heavy atom. The number of pyridine rings is 1. The number of fused-ring (bicyclic) bond motifs is 2. The summed E-state index contributed by atoms with van der Waals surface area (Å²) >= 11 is 6.22. The van der Waals surface area contributed by atoms with Crippen LogP contribution in [0.1, 0.15) is 40.8 Å². The lowest BCUT2D eigenvalue weighted by molar-refractivity contribution is 0.667. The van der Waals surface area contributed by atoms with Gasteiger partial charge in [0.15, 0.2) is 0 Å². The van der Waals surface area contributed by atoms with Gasteiger partial charge in [-0.15, -0.1) is 11.6 Å². The minimum Gasteiger partial charge on any atom is -0.252 e. The number of benzene rings is 1. The van der Waals surface area contributed by atoms with Crippen LogP contribution < -0.4 is 0 Å². The smallest absolute Gasteiger partial charge is 0.0738 e. The molecule has 1 aliphatic carbocycles. The lowest BCUT2D eigenvalue weighted by Gasteiger charge is -2.20. The molecule has 94 valence electrons. The average molecular weight is 260 g/mol. The number of aryl methyl sites for hydroxylation is 3. The Kier molecular flexibility index (Phi) is 3.03. The minimum atomic E-state index is 0.601. The highest BCUT2D eigenvalue weighted by Crippen LogP contribution is 2.32. The molecule has 0 aliphatic heterocycles. The molecule has 1 aromatic heterocycles. The zero-order valence-electron chi connectivity index (χ0n) is 11.0. The SMILES string of the molecule is Cc1cc(C)c2nc3c(c(CCl)c2c1)CCCC3. The molecule has 1 heterocycles. The van der Waals surface area contributed by atoms with Crippen LogP contribution in [-0.4, -0.2) is 4.98 Å². The summed E-state index contributed by atoms with van der Waals surface area (Å²) in [7, 11) is 0. The summed E-state index contributed by atoms with van der Waals surface area (Å²) in [6.45, 7) is 4.29. The fourth-order valence-corrected chi connectivity index (χ4v) is 3.43. The number of halogens is 1. The van der Waals surface area contributed by atoms with Gasteiger partial charge in [0.05, 0.1) is 5.52 Å². The summed E-state index contributed by atoms with van der Waals surface area (Å²) in [6.07, 6.45) is 4.79. The molecule has 2 heteroatoms. The van der Waals surface area contributed by atoms with E-state index < -0.39 is 0 Å². The summed E-state index contributed by atoms with van der Waals surface area (Å²) in [5.74, 6) is 0.601. The van der Waals surface area contributed by atoms with Gasteiger partial charge < -0.3 is 0 Å². The molecule has 1 nitrogen and oxygen atoms in total. The van der Waals surface area contributed by atoms with Crippen molar-refractivity contribution in [1.82, 2.24) is 4.98 Å². The van der Waals surface area contributed by atoms with E-state index in [1.807, 2.05) is 0 Å². The van der Waals surface area contributed by atoms with Crippen molar-refractivity contribution < 1.29 is 0 Å². The summed E-state index contributed by atoms with van der Waals surface area (Å²) in [6, 6.07) is 4.45. The third-order valence-corrected chi connectivity index (χ3v) is 4.22. The maximum atomic E-state index is 6.22. The van der Waals surface area contributed by atoms with Crippen molar-refractivity contribution in [2.24, 2.45) is 0 Å². The van der Waals surface area contributed by atoms with Crippen molar-refractivity contribution in [3.8, 4) is 0 Å². The maximum Gasteiger partial charge on any atom is 0.0738 e. The predicted octanol–water partition coefficient (Wildman–Crippen LogP) is 4.47. The molecule has 18 heavy (non-hydrogen) atoms. The van der Waals surface area contributed by atoms with Gasteiger partial charge in [-0.1, -0.05) is 11.6 Å². The molecule has 2 aromatic rings. The molecule has 1 aliphatic rings. The van der Waals surface area contributed by atoms with Gasteiger partial charge in [-0.05, 0) is 62.3 Å². The lowest BCUT2D eigenvalue weighted by Crippen LogP contribution is -2.09. The Balaban J connectivity index is 2.40. The van der Waals surface area contributed by atoms with Crippen molar-refractivity contribution in [1.29, 1.82) is 0 Å². The van der Waals surface area contributed by atoms with Gasteiger partial charge in [-0.2, -0.15) is 0 Å². The molecule has 0 unspecified atom stereocenters. The van der Waals surface area contributed by atoms with Crippen molar-refractivity contribution in [3.05, 3.63) is 40.1 Å². The van der Waals surface area contributed by atoms with E-state index in [-0.39, 0.29) is 0 Å². The molecule has 3 rings (SSSR count). The van der Waals surface area contributed by atoms with Gasteiger partial charge in [-0.25, -0.2) is 0 Å². The summed E-state index contributed by atoms with van der Waals surface area (Å²) < 4.78 is 0. The van der Waals surface area contributed by atoms with E-state index in [4.69, 9.17) is 16.6 Å². The van der Waals surface area contributed by atoms with E-state index in [0.717, 1.165) is 18.4 Å². The van der Waals surface area contributed by atoms with Crippen LogP contribution in [0.5, 0.6) is 0 Å². The van der Waals surface area contributed by atoms with Crippen LogP contribution in [-0.2, 0) is 18.7 Å². The van der Waals surface area contributed by atoms with Gasteiger partial charge in [0.2, 0.25) is 0 Å². The second-order valence-electron chi connectivity index (χ2n) is 5.33. The maximum absolute atomic E-state index is 6.22. The van der Waals surface area contributed by atoms with Crippen LogP contribution in [0.2, 0.25) is 0 Å². The molecular formula is C16H18ClN. The summed E-state index contributed by atoms with van der Waals surface area (Å²) in [5, 5.41) is 1.27. The van der Waals surface area contributed by atoms with Crippen molar-refractivity contribution in [2.75, 3.05) is 0 Å². The number of hydrogen-bond donors (Lipinski definition) is 0. The van der Waals surface area contributed by atoms with E-state index in [1.165, 1.54) is 46.2 Å². The second-order valence-corrected chi connectivity index (χ2v) is 5.60. The Morgan fingerprint density at radius 2 is 1.94 bits per heavy atom. The van der Waals surface area contributed by atoms with Crippen LogP contribution in [0.4, 0.5) is 0 Å². The van der Waals surface area contributed by atoms with Crippen LogP contribution >= 0.6 is 11.6 Å². The largest absolute Gasteiger partial charge is 0.252 e. The molecule has 0 N–H and O–H groups in total. The zero-order chi connectivity index (χ0) is 12.7. The molecule has 0 saturated heterocycles. The second kappa shape index (κ2) is 4.55. The van der Waals surface area contributed by atoms with Crippen LogP contribution in [0, 0.1) is 13.8 Å². The molecule has 0 bridgehead atoms. The standard InChI is InChI=1S/C16H18ClN/c1-10-7-11(2)16-13(8-10)14(9-17)12-5-3-4-6-15(12)18-16/h7-8H,3-6,9H2,1-2H3. The summed E-state index contributed by atoms with van der Waals surface area (Å²) in [5.41, 5.74) is 7.75. The van der Waals surface area contributed by atoms with Crippen LogP contribution in [0.3, 0.4) is 0 Å². The monoisotopic (exact) mass is 259 g/mol. The van der Waals surface area contributed by atoms with E-state index >= 15 is 0 Å². The van der Waals surface area contributed by atoms with E-state index in [2.05, 4.69) is 26.0 Å². The first-order valence-electron chi connectivity index (χ1n) is 6.68. The van der Waals surface area contributed by atoms with Gasteiger partial charge >= 0.3 is 0 Å². The minimum absolute atomic E-state index is 0.601. The van der Waals surface area contributed by atoms with Gasteiger partial charge in [0.25, 0.3) is 0 Å². The lowest BCUT2D eigenvalue weighted by atomic mass is 9.89. The first kappa shape index (κ1) is 12.0. The molecule has 0 spiro atoms. The van der Waals surface area contributed by atoms with Crippen molar-refractivity contribution in [3.63, 3.8) is 0 Å². The topological polar surface area (TPSA) is 12.9 Å². The Morgan fingerprint density at radius 3 is 2.72 bits per heavy atom. The Hall–Kier alpha value is -1.08. The highest BCUT2D eigenvalue weighted by molar-refractivity contribution is 6.18. The third kappa shape index (κ3) is 1.81. The zero-order valence-corrected chi connectivity index (χ0v) is 11.8. The normalized spacial score (nSPS) is 14.8. The molecule has 0 radical (unpaired) electrons. The third-order valence-electron chi connectivity index (χ3n) is 3.95. The van der Waals surface area contributed by atoms with E-state index in [1.54, 1.807) is 0 Å². The van der Waals surface area contributed by atoms with Gasteiger partial charge in [0.1, 0.15) is 0 Å². The highest BCUT2D eigenvalue weighted by atomic mass is 35.5. The highest BCUT2D eigenvalue weighted by Gasteiger charge is 2.18. The van der Waals surface area contributed by atoms with Crippen molar-refractivity contribution in [2.45, 2.75) is 45.4 Å². The van der Waals surface area contributed by atoms with Crippen LogP contribution in [0.25, 0.3) is 10.9 Å². The van der Waals surface area contributed by atoms with Crippen molar-refractivity contribution >= 4 is 22.5 Å². The number of aromatic nitrogens is 1. The van der Waals surface area contributed by atoms with E-state index in [9.17, 15) is 0 Å². The fourth-order valence-electron chi connectivity index (χ4n) is 3.13. The summed E-state index contributed by atoms with van der Waals surface area (Å²) in [4.78, 5) is 4.91. The Labute approximate surface area is 113 Å². The molecule has 0 fully saturated rings. The molecule has 1 aromatic carbocycles. The molecule has 0 amide bonds. The molecule has 0 saturated carbocycles. The molecular weight excluding hydrogens is 242 g/mol. The van der Waals surface area contributed by atoms with Crippen LogP contribution in [0.15, 0.2) is 12.1 Å². The fraction of sp³-hybridized carbons (Fsp3) is 0.438.